The highest BCUT2D eigenvalue weighted by Gasteiger charge is 2.42. The van der Waals surface area contributed by atoms with Gasteiger partial charge in [-0.05, 0) is 35.8 Å². The molecule has 2 aromatic rings. The number of halogens is 14. The maximum Gasteiger partial charge on any atom is 0.573 e. The number of Topliss-reactive ketones (excluding diaryl/α,β-unsaturated/α-hetero) is 1. The van der Waals surface area contributed by atoms with E-state index in [0.717, 1.165) is 6.92 Å². The molecule has 0 radical (unpaired) electrons. The minimum Gasteiger partial charge on any atom is -0.404 e. The second-order valence-electron chi connectivity index (χ2n) is 9.43. The monoisotopic (exact) mass is 696 g/mol. The lowest BCUT2D eigenvalue weighted by Crippen LogP contribution is -2.28. The van der Waals surface area contributed by atoms with Crippen molar-refractivity contribution in [3.8, 4) is 5.75 Å². The van der Waals surface area contributed by atoms with Crippen molar-refractivity contribution in [3.05, 3.63) is 69.8 Å². The number of rotatable bonds is 10. The molecule has 19 heteroatoms. The highest BCUT2D eigenvalue weighted by molar-refractivity contribution is 7.91. The van der Waals surface area contributed by atoms with Crippen molar-refractivity contribution in [1.29, 1.82) is 0 Å². The molecule has 2 aromatic carbocycles. The predicted octanol–water partition coefficient (Wildman–Crippen LogP) is 9.10. The van der Waals surface area contributed by atoms with Gasteiger partial charge in [0.15, 0.2) is 15.6 Å². The van der Waals surface area contributed by atoms with Crippen LogP contribution in [0.4, 0.5) is 57.1 Å². The zero-order valence-electron chi connectivity index (χ0n) is 21.7. The van der Waals surface area contributed by atoms with Crippen LogP contribution in [0.3, 0.4) is 0 Å². The van der Waals surface area contributed by atoms with Crippen LogP contribution >= 0.6 is 11.6 Å². The Hall–Kier alpha value is -3.02. The molecule has 0 amide bonds. The summed E-state index contributed by atoms with van der Waals surface area (Å²) in [5.74, 6) is -12.5. The highest BCUT2D eigenvalue weighted by atomic mass is 35.5. The van der Waals surface area contributed by atoms with E-state index in [9.17, 15) is 70.3 Å². The molecule has 2 rings (SSSR count). The van der Waals surface area contributed by atoms with Crippen molar-refractivity contribution in [2.75, 3.05) is 11.5 Å². The lowest BCUT2D eigenvalue weighted by molar-refractivity contribution is -0.274. The van der Waals surface area contributed by atoms with Crippen molar-refractivity contribution >= 4 is 33.0 Å². The summed E-state index contributed by atoms with van der Waals surface area (Å²) in [6.07, 6.45) is -22.5. The van der Waals surface area contributed by atoms with E-state index in [1.807, 2.05) is 0 Å². The minimum absolute atomic E-state index is 0.0301. The van der Waals surface area contributed by atoms with E-state index in [2.05, 4.69) is 4.74 Å². The van der Waals surface area contributed by atoms with Crippen molar-refractivity contribution in [3.63, 3.8) is 0 Å². The van der Waals surface area contributed by atoms with Gasteiger partial charge in [-0.25, -0.2) is 12.8 Å². The van der Waals surface area contributed by atoms with E-state index < -0.39 is 109 Å². The molecule has 1 unspecified atom stereocenters. The molecule has 4 nitrogen and oxygen atoms in total. The van der Waals surface area contributed by atoms with Crippen LogP contribution in [0.25, 0.3) is 5.83 Å². The van der Waals surface area contributed by atoms with Gasteiger partial charge in [0, 0.05) is 17.5 Å². The predicted molar refractivity (Wildman–Crippen MR) is 130 cm³/mol. The summed E-state index contributed by atoms with van der Waals surface area (Å²) in [4.78, 5) is 12.6. The highest BCUT2D eigenvalue weighted by Crippen LogP contribution is 2.42. The lowest BCUT2D eigenvalue weighted by atomic mass is 9.93. The molecule has 0 aliphatic carbocycles. The molecule has 0 fully saturated rings. The fraction of sp³-hybridized carbons (Fsp3) is 0.400. The molecule has 0 aliphatic heterocycles. The zero-order chi connectivity index (χ0) is 34.1. The summed E-state index contributed by atoms with van der Waals surface area (Å²) in [5, 5.41) is -0.765. The second-order valence-corrected chi connectivity index (χ2v) is 11.9. The van der Waals surface area contributed by atoms with Gasteiger partial charge in [-0.15, -0.1) is 13.2 Å². The van der Waals surface area contributed by atoms with Gasteiger partial charge < -0.3 is 4.74 Å². The smallest absolute Gasteiger partial charge is 0.404 e. The van der Waals surface area contributed by atoms with Crippen molar-refractivity contribution in [2.45, 2.75) is 44.2 Å². The van der Waals surface area contributed by atoms with Crippen molar-refractivity contribution in [1.82, 2.24) is 0 Å². The first-order chi connectivity index (χ1) is 19.7. The molecule has 44 heavy (non-hydrogen) atoms. The maximum absolute atomic E-state index is 15.0. The van der Waals surface area contributed by atoms with E-state index in [1.54, 1.807) is 0 Å². The second kappa shape index (κ2) is 13.1. The third kappa shape index (κ3) is 11.2. The van der Waals surface area contributed by atoms with Crippen molar-refractivity contribution in [2.24, 2.45) is 5.92 Å². The number of carbonyl (C=O) groups is 1. The van der Waals surface area contributed by atoms with E-state index in [0.29, 0.717) is 24.3 Å². The normalized spacial score (nSPS) is 15.2. The molecule has 0 saturated carbocycles. The number of hydrogen-bond donors (Lipinski definition) is 0. The molecule has 0 aliphatic rings. The third-order valence-corrected chi connectivity index (χ3v) is 7.72. The summed E-state index contributed by atoms with van der Waals surface area (Å²) in [7, 11) is -4.80. The van der Waals surface area contributed by atoms with Crippen molar-refractivity contribution < 1.29 is 75.0 Å². The number of sulfone groups is 1. The molecule has 0 aromatic heterocycles. The van der Waals surface area contributed by atoms with Crippen LogP contribution in [-0.4, -0.2) is 44.4 Å². The Balaban J connectivity index is 2.48. The number of benzene rings is 2. The van der Waals surface area contributed by atoms with Gasteiger partial charge in [-0.2, -0.15) is 39.5 Å². The molecular weight excluding hydrogens is 679 g/mol. The van der Waals surface area contributed by atoms with Crippen LogP contribution < -0.4 is 4.74 Å². The Morgan fingerprint density at radius 3 is 2.02 bits per heavy atom. The number of ketones is 1. The fourth-order valence-corrected chi connectivity index (χ4v) is 5.69. The van der Waals surface area contributed by atoms with Crippen LogP contribution in [-0.2, 0) is 16.0 Å². The van der Waals surface area contributed by atoms with Gasteiger partial charge in [0.1, 0.15) is 23.2 Å². The van der Waals surface area contributed by atoms with Gasteiger partial charge in [-0.1, -0.05) is 36.7 Å². The Kier molecular flexibility index (Phi) is 11.1. The maximum atomic E-state index is 15.0. The first-order valence-corrected chi connectivity index (χ1v) is 13.9. The minimum atomic E-state index is -5.42. The molecular formula is C25H18ClF13O4S. The zero-order valence-corrected chi connectivity index (χ0v) is 23.2. The standard InChI is InChI=1S/C25H18ClF13O4S/c1-12(10-44(41,42)11-22(28,29)30)6-20(40)15-4-2-14(7-17(15)24(34,35)36)19(27)9-16(23(31,32)33)13-3-5-18(26)21(8-13)43-25(37,38)39/h2-5,7-9,12,16H,6,10-11H2,1H3/b19-9-/t12-,16?/m0/s1. The van der Waals surface area contributed by atoms with E-state index in [-0.39, 0.29) is 18.2 Å². The largest absolute Gasteiger partial charge is 0.573 e. The van der Waals surface area contributed by atoms with Gasteiger partial charge >= 0.3 is 24.9 Å². The Morgan fingerprint density at radius 2 is 1.52 bits per heavy atom. The Morgan fingerprint density at radius 1 is 0.932 bits per heavy atom. The van der Waals surface area contributed by atoms with E-state index >= 15 is 0 Å². The molecule has 2 atom stereocenters. The molecule has 246 valence electrons. The lowest BCUT2D eigenvalue weighted by Gasteiger charge is -2.20. The van der Waals surface area contributed by atoms with Crippen LogP contribution in [0.1, 0.15) is 46.3 Å². The van der Waals surface area contributed by atoms with E-state index in [4.69, 9.17) is 11.6 Å². The van der Waals surface area contributed by atoms with Gasteiger partial charge in [0.25, 0.3) is 0 Å². The Labute approximate surface area is 245 Å². The number of allylic oxidation sites excluding steroid dienone is 1. The quantitative estimate of drug-likeness (QED) is 0.184. The van der Waals surface area contributed by atoms with E-state index in [1.165, 1.54) is 0 Å². The average Bonchev–Trinajstić information content (AvgIpc) is 2.79. The fourth-order valence-electron chi connectivity index (χ4n) is 3.94. The first-order valence-electron chi connectivity index (χ1n) is 11.7. The number of ether oxygens (including phenoxy) is 1. The summed E-state index contributed by atoms with van der Waals surface area (Å²) in [5.41, 5.74) is -5.20. The first kappa shape index (κ1) is 37.2. The topological polar surface area (TPSA) is 60.4 Å². The van der Waals surface area contributed by atoms with Crippen LogP contribution in [0.15, 0.2) is 42.5 Å². The van der Waals surface area contributed by atoms with Crippen LogP contribution in [0, 0.1) is 5.92 Å². The third-order valence-electron chi connectivity index (χ3n) is 5.56. The van der Waals surface area contributed by atoms with Gasteiger partial charge in [-0.3, -0.25) is 4.79 Å². The summed E-state index contributed by atoms with van der Waals surface area (Å²) < 4.78 is 200. The molecule has 0 heterocycles. The number of alkyl halides is 12. The van der Waals surface area contributed by atoms with Gasteiger partial charge in [0.05, 0.1) is 16.3 Å². The van der Waals surface area contributed by atoms with Gasteiger partial charge in [0.2, 0.25) is 0 Å². The Bertz CT molecular complexity index is 1490. The summed E-state index contributed by atoms with van der Waals surface area (Å²) >= 11 is 5.51. The molecule has 0 bridgehead atoms. The molecule has 0 spiro atoms. The number of carbonyl (C=O) groups excluding carboxylic acids is 1. The summed E-state index contributed by atoms with van der Waals surface area (Å²) in [6, 6.07) is 2.19. The average molecular weight is 697 g/mol. The SMILES string of the molecule is C[C@@H](CC(=O)c1ccc(/C(F)=C/C(c2ccc(Cl)c(OC(F)(F)F)c2)C(F)(F)F)cc1C(F)(F)F)CS(=O)(=O)CC(F)(F)F. The van der Waals surface area contributed by atoms with Crippen LogP contribution in [0.5, 0.6) is 5.75 Å². The number of hydrogen-bond acceptors (Lipinski definition) is 4. The summed E-state index contributed by atoms with van der Waals surface area (Å²) in [6.45, 7) is 0.981. The molecule has 0 saturated heterocycles. The van der Waals surface area contributed by atoms with Crippen LogP contribution in [0.2, 0.25) is 5.02 Å². The molecule has 0 N–H and O–H groups in total.